The number of rotatable bonds is 6. The molecule has 0 bridgehead atoms. The predicted octanol–water partition coefficient (Wildman–Crippen LogP) is 1.71. The summed E-state index contributed by atoms with van der Waals surface area (Å²) in [6, 6.07) is 0. The third kappa shape index (κ3) is 4.96. The molecule has 0 aromatic carbocycles. The molecule has 0 aromatic heterocycles. The van der Waals surface area contributed by atoms with Crippen LogP contribution in [0.4, 0.5) is 0 Å². The van der Waals surface area contributed by atoms with Gasteiger partial charge in [-0.2, -0.15) is 0 Å². The largest absolute Gasteiger partial charge is 0.339 e. The molecule has 4 heteroatoms. The molecule has 3 rings (SSSR count). The number of hydrogen-bond donors (Lipinski definition) is 1. The first-order chi connectivity index (χ1) is 10.3. The lowest BCUT2D eigenvalue weighted by Crippen LogP contribution is -2.51. The highest BCUT2D eigenvalue weighted by Gasteiger charge is 2.24. The van der Waals surface area contributed by atoms with Gasteiger partial charge in [0.15, 0.2) is 0 Å². The molecule has 1 heterocycles. The summed E-state index contributed by atoms with van der Waals surface area (Å²) in [6.07, 6.45) is 9.83. The molecule has 1 aliphatic heterocycles. The first-order valence-electron chi connectivity index (χ1n) is 9.02. The topological polar surface area (TPSA) is 35.6 Å². The first-order valence-corrected chi connectivity index (χ1v) is 9.02. The molecule has 21 heavy (non-hydrogen) atoms. The highest BCUT2D eigenvalue weighted by Crippen LogP contribution is 2.27. The molecule has 120 valence electrons. The normalized spacial score (nSPS) is 25.2. The van der Waals surface area contributed by atoms with Crippen LogP contribution in [0.3, 0.4) is 0 Å². The number of nitrogens with zero attached hydrogens (tertiary/aromatic N) is 2. The van der Waals surface area contributed by atoms with Crippen molar-refractivity contribution in [2.75, 3.05) is 45.8 Å². The van der Waals surface area contributed by atoms with Crippen molar-refractivity contribution in [3.8, 4) is 0 Å². The molecule has 0 unspecified atom stereocenters. The van der Waals surface area contributed by atoms with Gasteiger partial charge >= 0.3 is 0 Å². The minimum atomic E-state index is 0.299. The summed E-state index contributed by atoms with van der Waals surface area (Å²) in [6.45, 7) is 6.84. The molecule has 1 saturated heterocycles. The first kappa shape index (κ1) is 15.3. The van der Waals surface area contributed by atoms with Gasteiger partial charge in [0.2, 0.25) is 5.91 Å². The zero-order chi connectivity index (χ0) is 14.5. The maximum atomic E-state index is 12.1. The van der Waals surface area contributed by atoms with Gasteiger partial charge in [0.1, 0.15) is 0 Å². The molecule has 0 aromatic rings. The number of piperazine rings is 1. The van der Waals surface area contributed by atoms with Crippen molar-refractivity contribution in [2.45, 2.75) is 44.9 Å². The summed E-state index contributed by atoms with van der Waals surface area (Å²) in [5.41, 5.74) is 0. The Bertz CT molecular complexity index is 329. The molecule has 1 amide bonds. The molecule has 4 nitrogen and oxygen atoms in total. The third-order valence-electron chi connectivity index (χ3n) is 5.37. The van der Waals surface area contributed by atoms with E-state index in [0.717, 1.165) is 44.6 Å². The van der Waals surface area contributed by atoms with Crippen molar-refractivity contribution in [1.82, 2.24) is 15.1 Å². The maximum absolute atomic E-state index is 12.1. The number of nitrogens with one attached hydrogen (secondary N) is 1. The van der Waals surface area contributed by atoms with Crippen LogP contribution in [0.15, 0.2) is 0 Å². The SMILES string of the molecule is O=C(CNCC1CC1)N1CCN(CC2CCCCC2)CC1. The average molecular weight is 293 g/mol. The van der Waals surface area contributed by atoms with Crippen LogP contribution >= 0.6 is 0 Å². The van der Waals surface area contributed by atoms with Crippen molar-refractivity contribution in [2.24, 2.45) is 11.8 Å². The predicted molar refractivity (Wildman–Crippen MR) is 85.2 cm³/mol. The molecule has 3 aliphatic rings. The zero-order valence-corrected chi connectivity index (χ0v) is 13.4. The van der Waals surface area contributed by atoms with Crippen LogP contribution in [-0.2, 0) is 4.79 Å². The van der Waals surface area contributed by atoms with Gasteiger partial charge in [-0.15, -0.1) is 0 Å². The van der Waals surface area contributed by atoms with E-state index in [-0.39, 0.29) is 0 Å². The van der Waals surface area contributed by atoms with Gasteiger partial charge in [-0.25, -0.2) is 0 Å². The van der Waals surface area contributed by atoms with Gasteiger partial charge in [-0.1, -0.05) is 19.3 Å². The summed E-state index contributed by atoms with van der Waals surface area (Å²) >= 11 is 0. The zero-order valence-electron chi connectivity index (χ0n) is 13.4. The lowest BCUT2D eigenvalue weighted by molar-refractivity contribution is -0.132. The van der Waals surface area contributed by atoms with Crippen LogP contribution in [-0.4, -0.2) is 61.5 Å². The molecule has 2 saturated carbocycles. The van der Waals surface area contributed by atoms with Gasteiger partial charge < -0.3 is 10.2 Å². The lowest BCUT2D eigenvalue weighted by atomic mass is 9.89. The number of amides is 1. The quantitative estimate of drug-likeness (QED) is 0.810. The molecule has 0 spiro atoms. The Balaban J connectivity index is 1.30. The van der Waals surface area contributed by atoms with E-state index in [4.69, 9.17) is 0 Å². The van der Waals surface area contributed by atoms with Crippen LogP contribution in [0.1, 0.15) is 44.9 Å². The van der Waals surface area contributed by atoms with E-state index < -0.39 is 0 Å². The third-order valence-corrected chi connectivity index (χ3v) is 5.37. The average Bonchev–Trinajstić information content (AvgIpc) is 3.33. The molecule has 1 N–H and O–H groups in total. The summed E-state index contributed by atoms with van der Waals surface area (Å²) in [5.74, 6) is 2.07. The molecule has 3 fully saturated rings. The van der Waals surface area contributed by atoms with E-state index in [1.165, 1.54) is 51.5 Å². The Morgan fingerprint density at radius 3 is 2.29 bits per heavy atom. The summed E-state index contributed by atoms with van der Waals surface area (Å²) in [7, 11) is 0. The highest BCUT2D eigenvalue weighted by molar-refractivity contribution is 5.78. The fourth-order valence-corrected chi connectivity index (χ4v) is 3.73. The van der Waals surface area contributed by atoms with E-state index in [1.807, 2.05) is 0 Å². The van der Waals surface area contributed by atoms with Gasteiger partial charge in [-0.05, 0) is 44.1 Å². The van der Waals surface area contributed by atoms with Gasteiger partial charge in [0, 0.05) is 32.7 Å². The monoisotopic (exact) mass is 293 g/mol. The number of carbonyl (C=O) groups is 1. The Morgan fingerprint density at radius 1 is 0.905 bits per heavy atom. The minimum Gasteiger partial charge on any atom is -0.339 e. The van der Waals surface area contributed by atoms with Crippen LogP contribution in [0.25, 0.3) is 0 Å². The second-order valence-corrected chi connectivity index (χ2v) is 7.26. The van der Waals surface area contributed by atoms with Crippen LogP contribution in [0.5, 0.6) is 0 Å². The minimum absolute atomic E-state index is 0.299. The molecular formula is C17H31N3O. The van der Waals surface area contributed by atoms with E-state index in [0.29, 0.717) is 12.5 Å². The lowest BCUT2D eigenvalue weighted by Gasteiger charge is -2.37. The fraction of sp³-hybridized carbons (Fsp3) is 0.941. The summed E-state index contributed by atoms with van der Waals surface area (Å²) in [5, 5.41) is 3.32. The van der Waals surface area contributed by atoms with E-state index >= 15 is 0 Å². The van der Waals surface area contributed by atoms with Crippen LogP contribution in [0.2, 0.25) is 0 Å². The van der Waals surface area contributed by atoms with Crippen molar-refractivity contribution >= 4 is 5.91 Å². The number of carbonyl (C=O) groups excluding carboxylic acids is 1. The summed E-state index contributed by atoms with van der Waals surface area (Å²) in [4.78, 5) is 16.8. The second kappa shape index (κ2) is 7.59. The highest BCUT2D eigenvalue weighted by atomic mass is 16.2. The number of hydrogen-bond acceptors (Lipinski definition) is 3. The second-order valence-electron chi connectivity index (χ2n) is 7.26. The van der Waals surface area contributed by atoms with Gasteiger partial charge in [0.05, 0.1) is 6.54 Å². The Hall–Kier alpha value is -0.610. The smallest absolute Gasteiger partial charge is 0.236 e. The van der Waals surface area contributed by atoms with Crippen molar-refractivity contribution in [3.05, 3.63) is 0 Å². The molecule has 0 atom stereocenters. The maximum Gasteiger partial charge on any atom is 0.236 e. The van der Waals surface area contributed by atoms with E-state index in [9.17, 15) is 4.79 Å². The Kier molecular flexibility index (Phi) is 5.53. The van der Waals surface area contributed by atoms with E-state index in [2.05, 4.69) is 15.1 Å². The Labute approximate surface area is 129 Å². The van der Waals surface area contributed by atoms with Crippen molar-refractivity contribution < 1.29 is 4.79 Å². The van der Waals surface area contributed by atoms with Crippen LogP contribution in [0, 0.1) is 11.8 Å². The van der Waals surface area contributed by atoms with E-state index in [1.54, 1.807) is 0 Å². The summed E-state index contributed by atoms with van der Waals surface area (Å²) < 4.78 is 0. The Morgan fingerprint density at radius 2 is 1.62 bits per heavy atom. The molecule has 2 aliphatic carbocycles. The molecular weight excluding hydrogens is 262 g/mol. The van der Waals surface area contributed by atoms with Crippen LogP contribution < -0.4 is 5.32 Å². The standard InChI is InChI=1S/C17H31N3O/c21-17(13-18-12-15-6-7-15)20-10-8-19(9-11-20)14-16-4-2-1-3-5-16/h15-16,18H,1-14H2. The molecule has 0 radical (unpaired) electrons. The van der Waals surface area contributed by atoms with Gasteiger partial charge in [-0.3, -0.25) is 9.69 Å². The van der Waals surface area contributed by atoms with Gasteiger partial charge in [0.25, 0.3) is 0 Å². The fourth-order valence-electron chi connectivity index (χ4n) is 3.73. The van der Waals surface area contributed by atoms with Crippen molar-refractivity contribution in [1.29, 1.82) is 0 Å². The van der Waals surface area contributed by atoms with Crippen molar-refractivity contribution in [3.63, 3.8) is 0 Å².